The normalized spacial score (nSPS) is 10.1. The third-order valence-corrected chi connectivity index (χ3v) is 2.81. The van der Waals surface area contributed by atoms with Gasteiger partial charge in [0.1, 0.15) is 18.9 Å². The monoisotopic (exact) mass is 287 g/mol. The Labute approximate surface area is 123 Å². The van der Waals surface area contributed by atoms with Crippen molar-refractivity contribution in [2.24, 2.45) is 5.18 Å². The summed E-state index contributed by atoms with van der Waals surface area (Å²) in [5.41, 5.74) is 1.34. The van der Waals surface area contributed by atoms with Crippen LogP contribution >= 0.6 is 0 Å². The Morgan fingerprint density at radius 2 is 1.76 bits per heavy atom. The second-order valence-corrected chi connectivity index (χ2v) is 4.34. The van der Waals surface area contributed by atoms with Crippen molar-refractivity contribution >= 4 is 5.69 Å². The maximum atomic E-state index is 10.6. The van der Waals surface area contributed by atoms with Crippen LogP contribution in [0.15, 0.2) is 53.7 Å². The first-order chi connectivity index (χ1) is 10.3. The van der Waals surface area contributed by atoms with Crippen LogP contribution in [-0.2, 0) is 11.3 Å². The summed E-state index contributed by atoms with van der Waals surface area (Å²) in [7, 11) is 1.61. The van der Waals surface area contributed by atoms with Crippen LogP contribution in [-0.4, -0.2) is 20.3 Å². The predicted octanol–water partition coefficient (Wildman–Crippen LogP) is 3.69. The highest BCUT2D eigenvalue weighted by molar-refractivity contribution is 5.51. The molecule has 110 valence electrons. The predicted molar refractivity (Wildman–Crippen MR) is 80.0 cm³/mol. The molecule has 0 saturated carbocycles. The number of methoxy groups -OCH3 is 1. The molecule has 0 unspecified atom stereocenters. The van der Waals surface area contributed by atoms with Gasteiger partial charge in [0.2, 0.25) is 0 Å². The lowest BCUT2D eigenvalue weighted by atomic mass is 10.2. The first-order valence-electron chi connectivity index (χ1n) is 6.59. The molecule has 0 fully saturated rings. The summed E-state index contributed by atoms with van der Waals surface area (Å²) in [6.07, 6.45) is 0. The average Bonchev–Trinajstić information content (AvgIpc) is 2.55. The lowest BCUT2D eigenvalue weighted by Gasteiger charge is -2.13. The Morgan fingerprint density at radius 3 is 2.48 bits per heavy atom. The smallest absolute Gasteiger partial charge is 0.163 e. The van der Waals surface area contributed by atoms with E-state index in [0.717, 1.165) is 5.56 Å². The number of nitrogens with zero attached hydrogens (tertiary/aromatic N) is 1. The largest absolute Gasteiger partial charge is 0.487 e. The summed E-state index contributed by atoms with van der Waals surface area (Å²) in [6.45, 7) is 1.28. The molecular formula is C16H17NO4. The Morgan fingerprint density at radius 1 is 0.952 bits per heavy atom. The lowest BCUT2D eigenvalue weighted by Crippen LogP contribution is -2.06. The van der Waals surface area contributed by atoms with Gasteiger partial charge in [0.25, 0.3) is 0 Å². The lowest BCUT2D eigenvalue weighted by molar-refractivity contribution is 0.143. The SMILES string of the molecule is COCCOc1ccc(N=O)cc1OCc1ccccc1. The zero-order valence-corrected chi connectivity index (χ0v) is 11.8. The second-order valence-electron chi connectivity index (χ2n) is 4.34. The van der Waals surface area contributed by atoms with E-state index in [1.807, 2.05) is 30.3 Å². The molecule has 0 aliphatic carbocycles. The number of ether oxygens (including phenoxy) is 3. The van der Waals surface area contributed by atoms with Crippen LogP contribution in [0.1, 0.15) is 5.56 Å². The van der Waals surface area contributed by atoms with Gasteiger partial charge in [-0.2, -0.15) is 0 Å². The van der Waals surface area contributed by atoms with E-state index < -0.39 is 0 Å². The van der Waals surface area contributed by atoms with Crippen molar-refractivity contribution in [1.82, 2.24) is 0 Å². The van der Waals surface area contributed by atoms with Gasteiger partial charge in [0, 0.05) is 13.2 Å². The molecule has 0 aromatic heterocycles. The first kappa shape index (κ1) is 15.0. The Bertz CT molecular complexity index is 572. The Kier molecular flexibility index (Phi) is 5.72. The van der Waals surface area contributed by atoms with E-state index in [9.17, 15) is 4.91 Å². The fourth-order valence-corrected chi connectivity index (χ4v) is 1.76. The highest BCUT2D eigenvalue weighted by Gasteiger charge is 2.08. The Balaban J connectivity index is 2.08. The summed E-state index contributed by atoms with van der Waals surface area (Å²) in [6, 6.07) is 14.6. The van der Waals surface area contributed by atoms with Crippen molar-refractivity contribution in [2.75, 3.05) is 20.3 Å². The van der Waals surface area contributed by atoms with Crippen LogP contribution in [0.4, 0.5) is 5.69 Å². The van der Waals surface area contributed by atoms with E-state index in [1.165, 1.54) is 0 Å². The number of nitroso groups, excluding NO2 is 1. The van der Waals surface area contributed by atoms with Crippen LogP contribution in [0.5, 0.6) is 11.5 Å². The topological polar surface area (TPSA) is 57.1 Å². The zero-order chi connectivity index (χ0) is 14.9. The van der Waals surface area contributed by atoms with Gasteiger partial charge in [-0.15, -0.1) is 4.91 Å². The van der Waals surface area contributed by atoms with E-state index in [4.69, 9.17) is 14.2 Å². The summed E-state index contributed by atoms with van der Waals surface area (Å²) in [5, 5.41) is 2.91. The third kappa shape index (κ3) is 4.57. The van der Waals surface area contributed by atoms with E-state index >= 15 is 0 Å². The van der Waals surface area contributed by atoms with Crippen LogP contribution < -0.4 is 9.47 Å². The minimum absolute atomic E-state index is 0.303. The van der Waals surface area contributed by atoms with E-state index in [-0.39, 0.29) is 0 Å². The van der Waals surface area contributed by atoms with Gasteiger partial charge in [0.15, 0.2) is 11.5 Å². The number of hydrogen-bond donors (Lipinski definition) is 0. The molecule has 0 aliphatic heterocycles. The van der Waals surface area contributed by atoms with Crippen molar-refractivity contribution in [3.05, 3.63) is 59.0 Å². The molecule has 0 bridgehead atoms. The molecule has 0 N–H and O–H groups in total. The minimum Gasteiger partial charge on any atom is -0.487 e. The fourth-order valence-electron chi connectivity index (χ4n) is 1.76. The van der Waals surface area contributed by atoms with Gasteiger partial charge >= 0.3 is 0 Å². The molecule has 2 aromatic rings. The molecule has 5 nitrogen and oxygen atoms in total. The zero-order valence-electron chi connectivity index (χ0n) is 11.8. The van der Waals surface area contributed by atoms with Crippen molar-refractivity contribution in [2.45, 2.75) is 6.61 Å². The molecule has 0 saturated heterocycles. The maximum absolute atomic E-state index is 10.6. The highest BCUT2D eigenvalue weighted by Crippen LogP contribution is 2.32. The highest BCUT2D eigenvalue weighted by atomic mass is 16.5. The van der Waals surface area contributed by atoms with E-state index in [2.05, 4.69) is 5.18 Å². The van der Waals surface area contributed by atoms with Crippen LogP contribution in [0.2, 0.25) is 0 Å². The van der Waals surface area contributed by atoms with Crippen LogP contribution in [0, 0.1) is 4.91 Å². The number of rotatable bonds is 8. The molecule has 0 amide bonds. The van der Waals surface area contributed by atoms with Crippen molar-refractivity contribution in [1.29, 1.82) is 0 Å². The van der Waals surface area contributed by atoms with Crippen molar-refractivity contribution in [3.63, 3.8) is 0 Å². The average molecular weight is 287 g/mol. The van der Waals surface area contributed by atoms with Gasteiger partial charge in [-0.25, -0.2) is 0 Å². The van der Waals surface area contributed by atoms with Gasteiger partial charge in [-0.3, -0.25) is 0 Å². The van der Waals surface area contributed by atoms with Crippen LogP contribution in [0.3, 0.4) is 0 Å². The van der Waals surface area contributed by atoms with Gasteiger partial charge in [-0.1, -0.05) is 30.3 Å². The van der Waals surface area contributed by atoms with E-state index in [1.54, 1.807) is 25.3 Å². The molecule has 21 heavy (non-hydrogen) atoms. The standard InChI is InChI=1S/C16H17NO4/c1-19-9-10-20-15-8-7-14(17-18)11-16(15)21-12-13-5-3-2-4-6-13/h2-8,11H,9-10,12H2,1H3. The van der Waals surface area contributed by atoms with Crippen molar-refractivity contribution in [3.8, 4) is 11.5 Å². The summed E-state index contributed by atoms with van der Waals surface area (Å²) < 4.78 is 16.2. The summed E-state index contributed by atoms with van der Waals surface area (Å²) >= 11 is 0. The number of hydrogen-bond acceptors (Lipinski definition) is 5. The van der Waals surface area contributed by atoms with E-state index in [0.29, 0.717) is 37.0 Å². The molecular weight excluding hydrogens is 270 g/mol. The van der Waals surface area contributed by atoms with Crippen LogP contribution in [0.25, 0.3) is 0 Å². The summed E-state index contributed by atoms with van der Waals surface area (Å²) in [4.78, 5) is 10.6. The molecule has 0 atom stereocenters. The van der Waals surface area contributed by atoms with Gasteiger partial charge in [0.05, 0.1) is 6.61 Å². The molecule has 0 heterocycles. The number of benzene rings is 2. The third-order valence-electron chi connectivity index (χ3n) is 2.81. The molecule has 0 radical (unpaired) electrons. The molecule has 0 spiro atoms. The maximum Gasteiger partial charge on any atom is 0.163 e. The Hall–Kier alpha value is -2.40. The summed E-state index contributed by atoms with van der Waals surface area (Å²) in [5.74, 6) is 1.06. The van der Waals surface area contributed by atoms with Gasteiger partial charge < -0.3 is 14.2 Å². The van der Waals surface area contributed by atoms with Crippen molar-refractivity contribution < 1.29 is 14.2 Å². The molecule has 2 aromatic carbocycles. The molecule has 5 heteroatoms. The minimum atomic E-state index is 0.303. The molecule has 2 rings (SSSR count). The quantitative estimate of drug-likeness (QED) is 0.549. The molecule has 0 aliphatic rings. The first-order valence-corrected chi connectivity index (χ1v) is 6.59. The van der Waals surface area contributed by atoms with Gasteiger partial charge in [-0.05, 0) is 22.9 Å². The fraction of sp³-hybridized carbons (Fsp3) is 0.250. The second kappa shape index (κ2) is 8.01.